The number of benzene rings is 1. The molecule has 1 aliphatic rings. The van der Waals surface area contributed by atoms with Crippen molar-refractivity contribution in [3.63, 3.8) is 0 Å². The van der Waals surface area contributed by atoms with Gasteiger partial charge in [0, 0.05) is 18.0 Å². The summed E-state index contributed by atoms with van der Waals surface area (Å²) < 4.78 is 0. The fourth-order valence-corrected chi connectivity index (χ4v) is 1.71. The minimum Gasteiger partial charge on any atom is -0.330 e. The van der Waals surface area contributed by atoms with Crippen molar-refractivity contribution >= 4 is 5.78 Å². The van der Waals surface area contributed by atoms with Crippen LogP contribution < -0.4 is 5.73 Å². The van der Waals surface area contributed by atoms with Crippen molar-refractivity contribution in [2.24, 2.45) is 11.7 Å². The van der Waals surface area contributed by atoms with Gasteiger partial charge in [-0.05, 0) is 12.0 Å². The maximum Gasteiger partial charge on any atom is 0.167 e. The predicted molar refractivity (Wildman–Crippen MR) is 47.0 cm³/mol. The molecule has 1 aromatic rings. The van der Waals surface area contributed by atoms with E-state index in [4.69, 9.17) is 5.73 Å². The quantitative estimate of drug-likeness (QED) is 0.667. The fraction of sp³-hybridized carbons (Fsp3) is 0.300. The van der Waals surface area contributed by atoms with Crippen LogP contribution >= 0.6 is 0 Å². The van der Waals surface area contributed by atoms with E-state index in [-0.39, 0.29) is 11.7 Å². The molecule has 2 heteroatoms. The highest BCUT2D eigenvalue weighted by atomic mass is 16.1. The number of nitrogens with two attached hydrogens (primary N) is 1. The van der Waals surface area contributed by atoms with Crippen molar-refractivity contribution in [1.82, 2.24) is 0 Å². The van der Waals surface area contributed by atoms with Crippen molar-refractivity contribution in [3.8, 4) is 0 Å². The van der Waals surface area contributed by atoms with Crippen molar-refractivity contribution in [1.29, 1.82) is 0 Å². The third kappa shape index (κ3) is 0.959. The number of fused-ring (bicyclic) bond motifs is 1. The van der Waals surface area contributed by atoms with E-state index in [0.717, 1.165) is 17.5 Å². The average Bonchev–Trinajstić information content (AvgIpc) is 2.44. The highest BCUT2D eigenvalue weighted by Gasteiger charge is 2.28. The zero-order valence-electron chi connectivity index (χ0n) is 6.79. The Morgan fingerprint density at radius 2 is 2.17 bits per heavy atom. The van der Waals surface area contributed by atoms with Gasteiger partial charge in [-0.2, -0.15) is 0 Å². The molecule has 2 rings (SSSR count). The van der Waals surface area contributed by atoms with Gasteiger partial charge in [-0.15, -0.1) is 0 Å². The average molecular weight is 161 g/mol. The molecule has 0 amide bonds. The van der Waals surface area contributed by atoms with E-state index in [1.165, 1.54) is 0 Å². The molecule has 1 aliphatic carbocycles. The van der Waals surface area contributed by atoms with E-state index in [0.29, 0.717) is 6.54 Å². The Hall–Kier alpha value is -1.15. The molecule has 0 bridgehead atoms. The zero-order chi connectivity index (χ0) is 8.55. The summed E-state index contributed by atoms with van der Waals surface area (Å²) in [6.07, 6.45) is 0.825. The summed E-state index contributed by atoms with van der Waals surface area (Å²) in [6, 6.07) is 7.75. The molecule has 2 N–H and O–H groups in total. The van der Waals surface area contributed by atoms with Gasteiger partial charge in [0.2, 0.25) is 0 Å². The Bertz CT molecular complexity index is 319. The van der Waals surface area contributed by atoms with E-state index in [9.17, 15) is 4.79 Å². The van der Waals surface area contributed by atoms with Gasteiger partial charge in [0.05, 0.1) is 0 Å². The largest absolute Gasteiger partial charge is 0.330 e. The smallest absolute Gasteiger partial charge is 0.167 e. The molecular formula is C10H11NO. The normalized spacial score (nSPS) is 21.1. The molecule has 1 unspecified atom stereocenters. The van der Waals surface area contributed by atoms with Crippen molar-refractivity contribution in [2.45, 2.75) is 6.42 Å². The zero-order valence-corrected chi connectivity index (χ0v) is 6.79. The number of hydrogen-bond donors (Lipinski definition) is 1. The first kappa shape index (κ1) is 7.50. The monoisotopic (exact) mass is 161 g/mol. The molecule has 12 heavy (non-hydrogen) atoms. The van der Waals surface area contributed by atoms with Crippen LogP contribution in [0.5, 0.6) is 0 Å². The molecule has 2 nitrogen and oxygen atoms in total. The number of hydrogen-bond acceptors (Lipinski definition) is 2. The first-order valence-corrected chi connectivity index (χ1v) is 4.15. The lowest BCUT2D eigenvalue weighted by atomic mass is 10.1. The van der Waals surface area contributed by atoms with E-state index < -0.39 is 0 Å². The van der Waals surface area contributed by atoms with Crippen LogP contribution in [0.3, 0.4) is 0 Å². The molecule has 0 fully saturated rings. The van der Waals surface area contributed by atoms with Gasteiger partial charge in [-0.25, -0.2) is 0 Å². The summed E-state index contributed by atoms with van der Waals surface area (Å²) in [7, 11) is 0. The van der Waals surface area contributed by atoms with Gasteiger partial charge < -0.3 is 5.73 Å². The summed E-state index contributed by atoms with van der Waals surface area (Å²) in [5.41, 5.74) is 7.50. The van der Waals surface area contributed by atoms with Gasteiger partial charge in [0.25, 0.3) is 0 Å². The minimum absolute atomic E-state index is 0.0300. The van der Waals surface area contributed by atoms with Gasteiger partial charge in [0.1, 0.15) is 0 Å². The van der Waals surface area contributed by atoms with Gasteiger partial charge in [0.15, 0.2) is 5.78 Å². The second-order valence-electron chi connectivity index (χ2n) is 3.16. The summed E-state index contributed by atoms with van der Waals surface area (Å²) in [5.74, 6) is 0.246. The molecule has 0 saturated carbocycles. The SMILES string of the molecule is NCC1Cc2ccccc2C1=O. The molecule has 0 aromatic heterocycles. The molecule has 0 aliphatic heterocycles. The van der Waals surface area contributed by atoms with Crippen LogP contribution in [-0.4, -0.2) is 12.3 Å². The van der Waals surface area contributed by atoms with Crippen LogP contribution in [-0.2, 0) is 6.42 Å². The topological polar surface area (TPSA) is 43.1 Å². The summed E-state index contributed by atoms with van der Waals surface area (Å²) in [6.45, 7) is 0.466. The molecular weight excluding hydrogens is 150 g/mol. The maximum atomic E-state index is 11.5. The Morgan fingerprint density at radius 1 is 1.42 bits per heavy atom. The second-order valence-corrected chi connectivity index (χ2v) is 3.16. The van der Waals surface area contributed by atoms with E-state index in [2.05, 4.69) is 0 Å². The van der Waals surface area contributed by atoms with Crippen LogP contribution in [0.4, 0.5) is 0 Å². The van der Waals surface area contributed by atoms with Crippen LogP contribution in [0.15, 0.2) is 24.3 Å². The predicted octanol–water partition coefficient (Wildman–Crippen LogP) is 1.00. The molecule has 0 radical (unpaired) electrons. The lowest BCUT2D eigenvalue weighted by molar-refractivity contribution is 0.0941. The number of carbonyl (C=O) groups is 1. The van der Waals surface area contributed by atoms with Gasteiger partial charge in [-0.3, -0.25) is 4.79 Å². The second kappa shape index (κ2) is 2.72. The number of carbonyl (C=O) groups excluding carboxylic acids is 1. The molecule has 62 valence electrons. The first-order chi connectivity index (χ1) is 5.83. The molecule has 1 aromatic carbocycles. The third-order valence-electron chi connectivity index (χ3n) is 2.40. The Morgan fingerprint density at radius 3 is 2.83 bits per heavy atom. The molecule has 0 saturated heterocycles. The van der Waals surface area contributed by atoms with E-state index >= 15 is 0 Å². The minimum atomic E-state index is 0.0300. The highest BCUT2D eigenvalue weighted by molar-refractivity contribution is 6.02. The van der Waals surface area contributed by atoms with Crippen LogP contribution in [0.25, 0.3) is 0 Å². The Labute approximate surface area is 71.4 Å². The third-order valence-corrected chi connectivity index (χ3v) is 2.40. The highest BCUT2D eigenvalue weighted by Crippen LogP contribution is 2.25. The fourth-order valence-electron chi connectivity index (χ4n) is 1.71. The summed E-state index contributed by atoms with van der Waals surface area (Å²) >= 11 is 0. The standard InChI is InChI=1S/C10H11NO/c11-6-8-5-7-3-1-2-4-9(7)10(8)12/h1-4,8H,5-6,11H2. The number of ketones is 1. The maximum absolute atomic E-state index is 11.5. The van der Waals surface area contributed by atoms with Crippen LogP contribution in [0.1, 0.15) is 15.9 Å². The van der Waals surface area contributed by atoms with Gasteiger partial charge >= 0.3 is 0 Å². The molecule has 0 spiro atoms. The molecule has 0 heterocycles. The summed E-state index contributed by atoms with van der Waals surface area (Å²) in [5, 5.41) is 0. The first-order valence-electron chi connectivity index (χ1n) is 4.15. The lowest BCUT2D eigenvalue weighted by Crippen LogP contribution is -2.19. The number of Topliss-reactive ketones (excluding diaryl/α,β-unsaturated/α-hetero) is 1. The van der Waals surface area contributed by atoms with Crippen molar-refractivity contribution in [3.05, 3.63) is 35.4 Å². The Balaban J connectivity index is 2.42. The van der Waals surface area contributed by atoms with E-state index in [1.54, 1.807) is 0 Å². The lowest BCUT2D eigenvalue weighted by Gasteiger charge is -2.00. The van der Waals surface area contributed by atoms with Crippen LogP contribution in [0.2, 0.25) is 0 Å². The molecule has 1 atom stereocenters. The van der Waals surface area contributed by atoms with Gasteiger partial charge in [-0.1, -0.05) is 24.3 Å². The number of rotatable bonds is 1. The van der Waals surface area contributed by atoms with Crippen LogP contribution in [0, 0.1) is 5.92 Å². The Kier molecular flexibility index (Phi) is 1.70. The van der Waals surface area contributed by atoms with Crippen molar-refractivity contribution < 1.29 is 4.79 Å². The van der Waals surface area contributed by atoms with Crippen molar-refractivity contribution in [2.75, 3.05) is 6.54 Å². The summed E-state index contributed by atoms with van der Waals surface area (Å²) in [4.78, 5) is 11.5. The van der Waals surface area contributed by atoms with E-state index in [1.807, 2.05) is 24.3 Å².